The molecule has 3 aromatic rings. The fourth-order valence-electron chi connectivity index (χ4n) is 3.90. The molecule has 0 aromatic heterocycles. The molecule has 1 aliphatic heterocycles. The fraction of sp³-hybridized carbons (Fsp3) is 0.185. The topological polar surface area (TPSA) is 76.1 Å². The lowest BCUT2D eigenvalue weighted by molar-refractivity contribution is -0.140. The fourth-order valence-corrected chi connectivity index (χ4v) is 4.02. The summed E-state index contributed by atoms with van der Waals surface area (Å²) in [5.41, 5.74) is 2.16. The number of carbonyl (C=O) groups is 2. The normalized spacial score (nSPS) is 17.2. The quantitative estimate of drug-likeness (QED) is 0.281. The van der Waals surface area contributed by atoms with Crippen molar-refractivity contribution in [2.24, 2.45) is 0 Å². The highest BCUT2D eigenvalue weighted by Crippen LogP contribution is 2.39. The van der Waals surface area contributed by atoms with E-state index in [1.165, 1.54) is 12.0 Å². The molecule has 34 heavy (non-hydrogen) atoms. The zero-order valence-electron chi connectivity index (χ0n) is 18.6. The Kier molecular flexibility index (Phi) is 7.30. The van der Waals surface area contributed by atoms with E-state index in [1.54, 1.807) is 48.5 Å². The predicted molar refractivity (Wildman–Crippen MR) is 130 cm³/mol. The molecule has 3 aromatic carbocycles. The van der Waals surface area contributed by atoms with Gasteiger partial charge in [-0.1, -0.05) is 54.1 Å². The second-order valence-electron chi connectivity index (χ2n) is 7.84. The van der Waals surface area contributed by atoms with Crippen molar-refractivity contribution < 1.29 is 24.2 Å². The first-order valence-electron chi connectivity index (χ1n) is 10.8. The van der Waals surface area contributed by atoms with Crippen LogP contribution in [0.4, 0.5) is 0 Å². The molecule has 174 valence electrons. The highest BCUT2D eigenvalue weighted by atomic mass is 35.5. The van der Waals surface area contributed by atoms with Crippen LogP contribution in [0.3, 0.4) is 0 Å². The molecule has 1 amide bonds. The average molecular weight is 478 g/mol. The van der Waals surface area contributed by atoms with Gasteiger partial charge in [0.25, 0.3) is 11.7 Å². The van der Waals surface area contributed by atoms with Gasteiger partial charge >= 0.3 is 0 Å². The molecular weight excluding hydrogens is 454 g/mol. The van der Waals surface area contributed by atoms with Gasteiger partial charge in [0, 0.05) is 24.2 Å². The number of likely N-dealkylation sites (tertiary alicyclic amines) is 1. The summed E-state index contributed by atoms with van der Waals surface area (Å²) in [4.78, 5) is 27.2. The van der Waals surface area contributed by atoms with Crippen LogP contribution in [0.2, 0.25) is 5.02 Å². The molecule has 1 N–H and O–H groups in total. The number of amides is 1. The molecule has 1 aliphatic rings. The molecule has 0 bridgehead atoms. The number of aliphatic hydroxyl groups is 1. The Morgan fingerprint density at radius 3 is 2.29 bits per heavy atom. The zero-order chi connectivity index (χ0) is 24.1. The lowest BCUT2D eigenvalue weighted by Gasteiger charge is -2.25. The minimum atomic E-state index is -0.756. The van der Waals surface area contributed by atoms with Crippen LogP contribution in [0, 0.1) is 0 Å². The van der Waals surface area contributed by atoms with Gasteiger partial charge in [-0.15, -0.1) is 0 Å². The van der Waals surface area contributed by atoms with Gasteiger partial charge in [0.05, 0.1) is 18.2 Å². The highest BCUT2D eigenvalue weighted by Gasteiger charge is 2.45. The summed E-state index contributed by atoms with van der Waals surface area (Å²) >= 11 is 5.96. The second-order valence-corrected chi connectivity index (χ2v) is 8.27. The van der Waals surface area contributed by atoms with E-state index < -0.39 is 17.7 Å². The number of halogens is 1. The van der Waals surface area contributed by atoms with Crippen molar-refractivity contribution in [1.82, 2.24) is 4.90 Å². The van der Waals surface area contributed by atoms with E-state index in [4.69, 9.17) is 21.1 Å². The number of hydrogen-bond donors (Lipinski definition) is 1. The maximum Gasteiger partial charge on any atom is 0.295 e. The number of ether oxygens (including phenoxy) is 2. The van der Waals surface area contributed by atoms with Crippen LogP contribution < -0.4 is 4.74 Å². The Balaban J connectivity index is 1.67. The third kappa shape index (κ3) is 4.98. The van der Waals surface area contributed by atoms with Crippen molar-refractivity contribution in [1.29, 1.82) is 0 Å². The van der Waals surface area contributed by atoms with Gasteiger partial charge in [0.1, 0.15) is 18.1 Å². The Hall–Kier alpha value is -3.61. The van der Waals surface area contributed by atoms with Crippen LogP contribution in [0.15, 0.2) is 84.4 Å². The van der Waals surface area contributed by atoms with E-state index in [9.17, 15) is 14.7 Å². The number of aliphatic hydroxyl groups excluding tert-OH is 1. The lowest BCUT2D eigenvalue weighted by atomic mass is 9.95. The standard InChI is InChI=1S/C27H24ClNO5/c1-33-16-15-29-24(19-9-13-22(14-10-19)34-17-18-5-3-2-4-6-18)23(26(31)27(29)32)25(30)20-7-11-21(28)12-8-20/h2-14,24,30H,15-17H2,1H3/t24-/m0/s1. The molecule has 1 heterocycles. The molecule has 4 rings (SSSR count). The molecular formula is C27H24ClNO5. The molecule has 0 saturated carbocycles. The summed E-state index contributed by atoms with van der Waals surface area (Å²) < 4.78 is 11.0. The van der Waals surface area contributed by atoms with Crippen LogP contribution in [0.5, 0.6) is 5.75 Å². The Labute approximate surface area is 203 Å². The van der Waals surface area contributed by atoms with Gasteiger partial charge in [-0.05, 0) is 47.5 Å². The number of ketones is 1. The van der Waals surface area contributed by atoms with Crippen molar-refractivity contribution >= 4 is 29.1 Å². The predicted octanol–water partition coefficient (Wildman–Crippen LogP) is 4.99. The largest absolute Gasteiger partial charge is 0.507 e. The first-order chi connectivity index (χ1) is 16.5. The highest BCUT2D eigenvalue weighted by molar-refractivity contribution is 6.46. The maximum absolute atomic E-state index is 13.0. The summed E-state index contributed by atoms with van der Waals surface area (Å²) in [6.45, 7) is 0.876. The van der Waals surface area contributed by atoms with Crippen molar-refractivity contribution in [2.45, 2.75) is 12.6 Å². The van der Waals surface area contributed by atoms with Crippen molar-refractivity contribution in [3.05, 3.63) is 106 Å². The SMILES string of the molecule is COCCN1C(=O)C(=O)C(=C(O)c2ccc(Cl)cc2)[C@@H]1c1ccc(OCc2ccccc2)cc1. The molecule has 6 nitrogen and oxygen atoms in total. The molecule has 1 saturated heterocycles. The molecule has 0 unspecified atom stereocenters. The molecule has 7 heteroatoms. The molecule has 1 fully saturated rings. The van der Waals surface area contributed by atoms with Gasteiger partial charge in [0.15, 0.2) is 0 Å². The average Bonchev–Trinajstić information content (AvgIpc) is 3.12. The Bertz CT molecular complexity index is 1190. The minimum absolute atomic E-state index is 0.0291. The molecule has 1 atom stereocenters. The number of hydrogen-bond acceptors (Lipinski definition) is 5. The number of benzene rings is 3. The van der Waals surface area contributed by atoms with Gasteiger partial charge in [-0.2, -0.15) is 0 Å². The van der Waals surface area contributed by atoms with E-state index in [0.29, 0.717) is 28.5 Å². The molecule has 0 spiro atoms. The van der Waals surface area contributed by atoms with E-state index in [1.807, 2.05) is 30.3 Å². The molecule has 0 radical (unpaired) electrons. The van der Waals surface area contributed by atoms with Gasteiger partial charge in [0.2, 0.25) is 0 Å². The number of methoxy groups -OCH3 is 1. The first-order valence-corrected chi connectivity index (χ1v) is 11.2. The molecule has 0 aliphatic carbocycles. The smallest absolute Gasteiger partial charge is 0.295 e. The van der Waals surface area contributed by atoms with E-state index in [0.717, 1.165) is 5.56 Å². The first kappa shape index (κ1) is 23.5. The van der Waals surface area contributed by atoms with Crippen LogP contribution in [-0.4, -0.2) is 42.0 Å². The number of nitrogens with zero attached hydrogens (tertiary/aromatic N) is 1. The third-order valence-corrected chi connectivity index (χ3v) is 5.89. The summed E-state index contributed by atoms with van der Waals surface area (Å²) in [6, 6.07) is 22.7. The monoisotopic (exact) mass is 477 g/mol. The maximum atomic E-state index is 13.0. The zero-order valence-corrected chi connectivity index (χ0v) is 19.4. The third-order valence-electron chi connectivity index (χ3n) is 5.64. The summed E-state index contributed by atoms with van der Waals surface area (Å²) in [5.74, 6) is -1.01. The number of Topliss-reactive ketones (excluding diaryl/α,β-unsaturated/α-hetero) is 1. The van der Waals surface area contributed by atoms with Crippen LogP contribution in [0.25, 0.3) is 5.76 Å². The Morgan fingerprint density at radius 2 is 1.65 bits per heavy atom. The summed E-state index contributed by atoms with van der Waals surface area (Å²) in [5, 5.41) is 11.5. The van der Waals surface area contributed by atoms with E-state index in [-0.39, 0.29) is 24.5 Å². The lowest BCUT2D eigenvalue weighted by Crippen LogP contribution is -2.32. The van der Waals surface area contributed by atoms with Gasteiger partial charge < -0.3 is 19.5 Å². The minimum Gasteiger partial charge on any atom is -0.507 e. The summed E-state index contributed by atoms with van der Waals surface area (Å²) in [7, 11) is 1.53. The van der Waals surface area contributed by atoms with Crippen LogP contribution in [0.1, 0.15) is 22.7 Å². The van der Waals surface area contributed by atoms with E-state index in [2.05, 4.69) is 0 Å². The van der Waals surface area contributed by atoms with Gasteiger partial charge in [-0.25, -0.2) is 0 Å². The van der Waals surface area contributed by atoms with Gasteiger partial charge in [-0.3, -0.25) is 9.59 Å². The van der Waals surface area contributed by atoms with Crippen molar-refractivity contribution in [3.8, 4) is 5.75 Å². The number of carbonyl (C=O) groups excluding carboxylic acids is 2. The van der Waals surface area contributed by atoms with Crippen LogP contribution >= 0.6 is 11.6 Å². The van der Waals surface area contributed by atoms with E-state index >= 15 is 0 Å². The Morgan fingerprint density at radius 1 is 0.971 bits per heavy atom. The summed E-state index contributed by atoms with van der Waals surface area (Å²) in [6.07, 6.45) is 0. The van der Waals surface area contributed by atoms with Crippen molar-refractivity contribution in [2.75, 3.05) is 20.3 Å². The van der Waals surface area contributed by atoms with Crippen LogP contribution in [-0.2, 0) is 20.9 Å². The second kappa shape index (κ2) is 10.5. The number of rotatable bonds is 8. The van der Waals surface area contributed by atoms with Crippen molar-refractivity contribution in [3.63, 3.8) is 0 Å².